The number of halogens is 1. The molecule has 0 saturated heterocycles. The van der Waals surface area contributed by atoms with E-state index in [4.69, 9.17) is 9.47 Å². The van der Waals surface area contributed by atoms with Gasteiger partial charge in [-0.2, -0.15) is 0 Å². The minimum absolute atomic E-state index is 0.426. The average Bonchev–Trinajstić information content (AvgIpc) is 2.53. The molecular formula is C16H13BrN2O2. The molecule has 0 aliphatic rings. The van der Waals surface area contributed by atoms with Crippen LogP contribution in [0.2, 0.25) is 0 Å². The monoisotopic (exact) mass is 344 g/mol. The quantitative estimate of drug-likeness (QED) is 0.718. The Morgan fingerprint density at radius 1 is 1.10 bits per heavy atom. The summed E-state index contributed by atoms with van der Waals surface area (Å²) in [4.78, 5) is 8.45. The molecule has 5 heteroatoms. The zero-order chi connectivity index (χ0) is 14.7. The van der Waals surface area contributed by atoms with Crippen molar-refractivity contribution in [3.63, 3.8) is 0 Å². The van der Waals surface area contributed by atoms with Crippen LogP contribution >= 0.6 is 15.9 Å². The zero-order valence-electron chi connectivity index (χ0n) is 11.4. The first-order chi connectivity index (χ1) is 10.3. The molecule has 0 unspecified atom stereocenters. The van der Waals surface area contributed by atoms with Crippen molar-refractivity contribution < 1.29 is 9.47 Å². The van der Waals surface area contributed by atoms with Crippen molar-refractivity contribution in [3.8, 4) is 11.6 Å². The molecular weight excluding hydrogens is 332 g/mol. The second-order valence-electron chi connectivity index (χ2n) is 4.48. The van der Waals surface area contributed by atoms with Crippen LogP contribution in [-0.2, 0) is 6.61 Å². The molecule has 0 spiro atoms. The van der Waals surface area contributed by atoms with Crippen molar-refractivity contribution in [2.75, 3.05) is 7.11 Å². The van der Waals surface area contributed by atoms with Crippen LogP contribution in [0.1, 0.15) is 5.56 Å². The highest BCUT2D eigenvalue weighted by atomic mass is 79.9. The molecule has 4 nitrogen and oxygen atoms in total. The number of rotatable bonds is 4. The van der Waals surface area contributed by atoms with Crippen molar-refractivity contribution in [2.45, 2.75) is 6.61 Å². The summed E-state index contributed by atoms with van der Waals surface area (Å²) in [5, 5.41) is 0.884. The molecule has 21 heavy (non-hydrogen) atoms. The summed E-state index contributed by atoms with van der Waals surface area (Å²) in [6, 6.07) is 13.6. The summed E-state index contributed by atoms with van der Waals surface area (Å²) < 4.78 is 12.0. The average molecular weight is 345 g/mol. The van der Waals surface area contributed by atoms with Crippen molar-refractivity contribution in [3.05, 3.63) is 58.8 Å². The van der Waals surface area contributed by atoms with E-state index in [1.807, 2.05) is 42.5 Å². The molecule has 1 heterocycles. The first-order valence-electron chi connectivity index (χ1n) is 6.42. The van der Waals surface area contributed by atoms with E-state index in [-0.39, 0.29) is 0 Å². The standard InChI is InChI=1S/C16H13BrN2O2/c1-20-13-4-2-3-11(7-13)9-21-16-14-8-12(17)5-6-15(14)18-10-19-16/h2-8,10H,9H2,1H3. The Kier molecular flexibility index (Phi) is 4.01. The number of hydrogen-bond acceptors (Lipinski definition) is 4. The Balaban J connectivity index is 1.86. The topological polar surface area (TPSA) is 44.2 Å². The van der Waals surface area contributed by atoms with Crippen LogP contribution in [0.3, 0.4) is 0 Å². The number of methoxy groups -OCH3 is 1. The summed E-state index contributed by atoms with van der Waals surface area (Å²) in [7, 11) is 1.65. The van der Waals surface area contributed by atoms with E-state index in [1.165, 1.54) is 6.33 Å². The van der Waals surface area contributed by atoms with Gasteiger partial charge in [0.25, 0.3) is 0 Å². The molecule has 3 rings (SSSR count). The van der Waals surface area contributed by atoms with Crippen LogP contribution in [0.4, 0.5) is 0 Å². The van der Waals surface area contributed by atoms with Crippen molar-refractivity contribution >= 4 is 26.8 Å². The smallest absolute Gasteiger partial charge is 0.224 e. The second-order valence-corrected chi connectivity index (χ2v) is 5.40. The minimum Gasteiger partial charge on any atom is -0.497 e. The van der Waals surface area contributed by atoms with Crippen LogP contribution < -0.4 is 9.47 Å². The molecule has 0 fully saturated rings. The largest absolute Gasteiger partial charge is 0.497 e. The van der Waals surface area contributed by atoms with Gasteiger partial charge in [0.15, 0.2) is 0 Å². The highest BCUT2D eigenvalue weighted by molar-refractivity contribution is 9.10. The van der Waals surface area contributed by atoms with Crippen molar-refractivity contribution in [1.82, 2.24) is 9.97 Å². The first-order valence-corrected chi connectivity index (χ1v) is 7.21. The molecule has 0 amide bonds. The number of hydrogen-bond donors (Lipinski definition) is 0. The normalized spacial score (nSPS) is 10.6. The molecule has 0 aliphatic carbocycles. The molecule has 106 valence electrons. The van der Waals surface area contributed by atoms with Crippen LogP contribution in [0, 0.1) is 0 Å². The summed E-state index contributed by atoms with van der Waals surface area (Å²) in [6.45, 7) is 0.426. The molecule has 2 aromatic carbocycles. The lowest BCUT2D eigenvalue weighted by atomic mass is 10.2. The van der Waals surface area contributed by atoms with Crippen molar-refractivity contribution in [1.29, 1.82) is 0 Å². The van der Waals surface area contributed by atoms with E-state index in [1.54, 1.807) is 7.11 Å². The second kappa shape index (κ2) is 6.10. The SMILES string of the molecule is COc1cccc(COc2ncnc3ccc(Br)cc23)c1. The maximum Gasteiger partial charge on any atom is 0.224 e. The Bertz CT molecular complexity index is 777. The summed E-state index contributed by atoms with van der Waals surface area (Å²) in [5.74, 6) is 1.38. The predicted octanol–water partition coefficient (Wildman–Crippen LogP) is 3.98. The van der Waals surface area contributed by atoms with Gasteiger partial charge in [0.05, 0.1) is 18.0 Å². The Labute approximate surface area is 130 Å². The third kappa shape index (κ3) is 3.13. The van der Waals surface area contributed by atoms with Gasteiger partial charge in [-0.25, -0.2) is 9.97 Å². The third-order valence-electron chi connectivity index (χ3n) is 3.07. The highest BCUT2D eigenvalue weighted by Gasteiger charge is 2.06. The Morgan fingerprint density at radius 3 is 2.86 bits per heavy atom. The summed E-state index contributed by atoms with van der Waals surface area (Å²) in [5.41, 5.74) is 1.88. The lowest BCUT2D eigenvalue weighted by molar-refractivity contribution is 0.296. The van der Waals surface area contributed by atoms with E-state index in [2.05, 4.69) is 25.9 Å². The summed E-state index contributed by atoms with van der Waals surface area (Å²) in [6.07, 6.45) is 1.51. The number of fused-ring (bicyclic) bond motifs is 1. The predicted molar refractivity (Wildman–Crippen MR) is 84.6 cm³/mol. The fourth-order valence-corrected chi connectivity index (χ4v) is 2.40. The van der Waals surface area contributed by atoms with Crippen LogP contribution in [0.25, 0.3) is 10.9 Å². The van der Waals surface area contributed by atoms with E-state index >= 15 is 0 Å². The number of ether oxygens (including phenoxy) is 2. The number of benzene rings is 2. The lowest BCUT2D eigenvalue weighted by Gasteiger charge is -2.09. The fraction of sp³-hybridized carbons (Fsp3) is 0.125. The van der Waals surface area contributed by atoms with E-state index in [9.17, 15) is 0 Å². The molecule has 0 aliphatic heterocycles. The molecule has 0 saturated carbocycles. The van der Waals surface area contributed by atoms with Gasteiger partial charge in [-0.15, -0.1) is 0 Å². The van der Waals surface area contributed by atoms with E-state index < -0.39 is 0 Å². The molecule has 0 bridgehead atoms. The van der Waals surface area contributed by atoms with Crippen LogP contribution in [0.15, 0.2) is 53.3 Å². The molecule has 1 aromatic heterocycles. The van der Waals surface area contributed by atoms with E-state index in [0.29, 0.717) is 12.5 Å². The van der Waals surface area contributed by atoms with Gasteiger partial charge in [0.2, 0.25) is 5.88 Å². The highest BCUT2D eigenvalue weighted by Crippen LogP contribution is 2.25. The van der Waals surface area contributed by atoms with Gasteiger partial charge in [-0.3, -0.25) is 0 Å². The van der Waals surface area contributed by atoms with Crippen LogP contribution in [0.5, 0.6) is 11.6 Å². The van der Waals surface area contributed by atoms with Gasteiger partial charge in [0.1, 0.15) is 18.7 Å². The van der Waals surface area contributed by atoms with E-state index in [0.717, 1.165) is 26.7 Å². The van der Waals surface area contributed by atoms with Gasteiger partial charge >= 0.3 is 0 Å². The Morgan fingerprint density at radius 2 is 2.00 bits per heavy atom. The third-order valence-corrected chi connectivity index (χ3v) is 3.56. The zero-order valence-corrected chi connectivity index (χ0v) is 13.0. The summed E-state index contributed by atoms with van der Waals surface area (Å²) >= 11 is 3.45. The fourth-order valence-electron chi connectivity index (χ4n) is 2.03. The molecule has 0 radical (unpaired) electrons. The van der Waals surface area contributed by atoms with Gasteiger partial charge in [-0.05, 0) is 35.9 Å². The minimum atomic E-state index is 0.426. The van der Waals surface area contributed by atoms with Gasteiger partial charge in [0, 0.05) is 4.47 Å². The molecule has 0 atom stereocenters. The van der Waals surface area contributed by atoms with Crippen molar-refractivity contribution in [2.24, 2.45) is 0 Å². The first kappa shape index (κ1) is 13.8. The molecule has 0 N–H and O–H groups in total. The maximum absolute atomic E-state index is 5.83. The number of aromatic nitrogens is 2. The van der Waals surface area contributed by atoms with Gasteiger partial charge in [-0.1, -0.05) is 28.1 Å². The number of nitrogens with zero attached hydrogens (tertiary/aromatic N) is 2. The van der Waals surface area contributed by atoms with Crippen LogP contribution in [-0.4, -0.2) is 17.1 Å². The Hall–Kier alpha value is -2.14. The lowest BCUT2D eigenvalue weighted by Crippen LogP contribution is -1.99. The maximum atomic E-state index is 5.83. The van der Waals surface area contributed by atoms with Gasteiger partial charge < -0.3 is 9.47 Å². The molecule has 3 aromatic rings.